The van der Waals surface area contributed by atoms with Crippen LogP contribution in [-0.2, 0) is 21.8 Å². The highest BCUT2D eigenvalue weighted by molar-refractivity contribution is 5.88. The third-order valence-electron chi connectivity index (χ3n) is 6.35. The summed E-state index contributed by atoms with van der Waals surface area (Å²) in [6, 6.07) is 8.93. The zero-order valence-corrected chi connectivity index (χ0v) is 16.7. The fourth-order valence-electron chi connectivity index (χ4n) is 4.26. The molecule has 2 aromatic heterocycles. The molecule has 0 bridgehead atoms. The standard InChI is InChI=1S/C22H19F3N4O2/c1-20(10-12-27-18(20)30)19-29-28-17(31-19)16-15(3-2-11-26-16)21(8-9-21)13-4-6-14(7-5-13)22(23,24)25/h2-7,11H,8-10,12H2,1H3,(H,27,30). The van der Waals surface area contributed by atoms with E-state index in [1.54, 1.807) is 19.2 Å². The lowest BCUT2D eigenvalue weighted by atomic mass is 9.86. The minimum atomic E-state index is -4.38. The third kappa shape index (κ3) is 3.10. The number of benzene rings is 1. The molecule has 160 valence electrons. The topological polar surface area (TPSA) is 80.9 Å². The van der Waals surface area contributed by atoms with E-state index >= 15 is 0 Å². The molecule has 2 fully saturated rings. The summed E-state index contributed by atoms with van der Waals surface area (Å²) in [6.07, 6.45) is -0.665. The highest BCUT2D eigenvalue weighted by Crippen LogP contribution is 2.55. The Morgan fingerprint density at radius 3 is 2.42 bits per heavy atom. The van der Waals surface area contributed by atoms with Gasteiger partial charge in [-0.1, -0.05) is 18.2 Å². The number of aromatic nitrogens is 3. The largest absolute Gasteiger partial charge is 0.418 e. The van der Waals surface area contributed by atoms with E-state index in [9.17, 15) is 18.0 Å². The van der Waals surface area contributed by atoms with Crippen molar-refractivity contribution in [3.05, 3.63) is 65.2 Å². The smallest absolute Gasteiger partial charge is 0.416 e. The number of amides is 1. The van der Waals surface area contributed by atoms with Gasteiger partial charge in [-0.05, 0) is 55.5 Å². The molecule has 6 nitrogen and oxygen atoms in total. The van der Waals surface area contributed by atoms with Crippen molar-refractivity contribution in [2.24, 2.45) is 0 Å². The molecule has 1 N–H and O–H groups in total. The van der Waals surface area contributed by atoms with Crippen LogP contribution in [-0.4, -0.2) is 27.6 Å². The van der Waals surface area contributed by atoms with Crippen molar-refractivity contribution < 1.29 is 22.4 Å². The second kappa shape index (κ2) is 6.63. The number of pyridine rings is 1. The molecule has 1 aromatic carbocycles. The van der Waals surface area contributed by atoms with Crippen LogP contribution in [0.5, 0.6) is 0 Å². The fourth-order valence-corrected chi connectivity index (χ4v) is 4.26. The molecular formula is C22H19F3N4O2. The minimum absolute atomic E-state index is 0.160. The van der Waals surface area contributed by atoms with Crippen LogP contribution in [0.3, 0.4) is 0 Å². The van der Waals surface area contributed by atoms with E-state index in [-0.39, 0.29) is 17.7 Å². The first-order valence-corrected chi connectivity index (χ1v) is 10.00. The van der Waals surface area contributed by atoms with E-state index in [4.69, 9.17) is 4.42 Å². The predicted molar refractivity (Wildman–Crippen MR) is 104 cm³/mol. The van der Waals surface area contributed by atoms with Gasteiger partial charge in [0, 0.05) is 18.2 Å². The van der Waals surface area contributed by atoms with Gasteiger partial charge in [0.15, 0.2) is 0 Å². The average Bonchev–Trinajstić information content (AvgIpc) is 3.27. The lowest BCUT2D eigenvalue weighted by molar-refractivity contribution is -0.137. The summed E-state index contributed by atoms with van der Waals surface area (Å²) in [4.78, 5) is 16.7. The van der Waals surface area contributed by atoms with E-state index in [0.717, 1.165) is 36.1 Å². The quantitative estimate of drug-likeness (QED) is 0.679. The molecule has 1 aliphatic heterocycles. The number of hydrogen-bond donors (Lipinski definition) is 1. The Kier molecular flexibility index (Phi) is 4.22. The van der Waals surface area contributed by atoms with Crippen molar-refractivity contribution in [2.45, 2.75) is 43.2 Å². The van der Waals surface area contributed by atoms with Gasteiger partial charge in [-0.25, -0.2) is 0 Å². The maximum Gasteiger partial charge on any atom is 0.416 e. The molecule has 0 spiro atoms. The Morgan fingerprint density at radius 2 is 1.81 bits per heavy atom. The molecule has 1 amide bonds. The van der Waals surface area contributed by atoms with Crippen LogP contribution < -0.4 is 5.32 Å². The van der Waals surface area contributed by atoms with Gasteiger partial charge >= 0.3 is 6.18 Å². The van der Waals surface area contributed by atoms with E-state index in [1.165, 1.54) is 12.1 Å². The molecule has 1 unspecified atom stereocenters. The number of carbonyl (C=O) groups excluding carboxylic acids is 1. The molecular weight excluding hydrogens is 409 g/mol. The molecule has 1 aliphatic carbocycles. The van der Waals surface area contributed by atoms with Crippen molar-refractivity contribution in [1.29, 1.82) is 0 Å². The summed E-state index contributed by atoms with van der Waals surface area (Å²) in [5.74, 6) is 0.269. The number of rotatable bonds is 4. The van der Waals surface area contributed by atoms with E-state index in [0.29, 0.717) is 18.7 Å². The van der Waals surface area contributed by atoms with Gasteiger partial charge < -0.3 is 9.73 Å². The molecule has 3 aromatic rings. The second-order valence-corrected chi connectivity index (χ2v) is 8.31. The summed E-state index contributed by atoms with van der Waals surface area (Å²) in [6.45, 7) is 2.30. The maximum absolute atomic E-state index is 13.0. The summed E-state index contributed by atoms with van der Waals surface area (Å²) in [5.41, 5.74) is 0.0911. The first kappa shape index (κ1) is 19.7. The van der Waals surface area contributed by atoms with Crippen molar-refractivity contribution in [1.82, 2.24) is 20.5 Å². The van der Waals surface area contributed by atoms with Gasteiger partial charge in [0.25, 0.3) is 5.89 Å². The summed E-state index contributed by atoms with van der Waals surface area (Å²) >= 11 is 0. The van der Waals surface area contributed by atoms with Gasteiger partial charge in [-0.15, -0.1) is 10.2 Å². The Hall–Kier alpha value is -3.23. The van der Waals surface area contributed by atoms with Crippen LogP contribution in [0.15, 0.2) is 47.0 Å². The van der Waals surface area contributed by atoms with Gasteiger partial charge in [-0.3, -0.25) is 9.78 Å². The summed E-state index contributed by atoms with van der Waals surface area (Å²) in [5, 5.41) is 11.0. The predicted octanol–water partition coefficient (Wildman–Crippen LogP) is 4.01. The van der Waals surface area contributed by atoms with Crippen molar-refractivity contribution in [3.8, 4) is 11.6 Å². The number of alkyl halides is 3. The highest BCUT2D eigenvalue weighted by Gasteiger charge is 2.49. The molecule has 5 rings (SSSR count). The van der Waals surface area contributed by atoms with E-state index in [2.05, 4.69) is 20.5 Å². The zero-order valence-electron chi connectivity index (χ0n) is 16.7. The fraction of sp³-hybridized carbons (Fsp3) is 0.364. The van der Waals surface area contributed by atoms with E-state index < -0.39 is 22.6 Å². The number of nitrogens with zero attached hydrogens (tertiary/aromatic N) is 3. The highest BCUT2D eigenvalue weighted by atomic mass is 19.4. The van der Waals surface area contributed by atoms with Crippen LogP contribution in [0, 0.1) is 0 Å². The Balaban J connectivity index is 1.53. The molecule has 9 heteroatoms. The monoisotopic (exact) mass is 428 g/mol. The molecule has 1 saturated heterocycles. The van der Waals surface area contributed by atoms with Crippen LogP contribution in [0.2, 0.25) is 0 Å². The molecule has 31 heavy (non-hydrogen) atoms. The van der Waals surface area contributed by atoms with Crippen molar-refractivity contribution >= 4 is 5.91 Å². The SMILES string of the molecule is CC1(c2nnc(-c3ncccc3C3(c4ccc(C(F)(F)F)cc4)CC3)o2)CCNC1=O. The van der Waals surface area contributed by atoms with Gasteiger partial charge in [0.05, 0.1) is 5.56 Å². The first-order chi connectivity index (χ1) is 14.7. The maximum atomic E-state index is 13.0. The molecule has 0 radical (unpaired) electrons. The summed E-state index contributed by atoms with van der Waals surface area (Å²) in [7, 11) is 0. The Morgan fingerprint density at radius 1 is 1.06 bits per heavy atom. The first-order valence-electron chi connectivity index (χ1n) is 10.00. The number of nitrogens with one attached hydrogen (secondary N) is 1. The van der Waals surface area contributed by atoms with Crippen LogP contribution in [0.25, 0.3) is 11.6 Å². The molecule has 3 heterocycles. The van der Waals surface area contributed by atoms with Gasteiger partial charge in [0.2, 0.25) is 11.8 Å². The Bertz CT molecular complexity index is 1150. The Labute approximate surface area is 175 Å². The molecule has 1 atom stereocenters. The van der Waals surface area contributed by atoms with Crippen molar-refractivity contribution in [3.63, 3.8) is 0 Å². The lowest BCUT2D eigenvalue weighted by Crippen LogP contribution is -2.32. The van der Waals surface area contributed by atoms with Crippen LogP contribution >= 0.6 is 0 Å². The molecule has 1 saturated carbocycles. The zero-order chi connectivity index (χ0) is 21.9. The van der Waals surface area contributed by atoms with Crippen LogP contribution in [0.4, 0.5) is 13.2 Å². The number of carbonyl (C=O) groups is 1. The van der Waals surface area contributed by atoms with Crippen molar-refractivity contribution in [2.75, 3.05) is 6.54 Å². The van der Waals surface area contributed by atoms with Gasteiger partial charge in [0.1, 0.15) is 11.1 Å². The molecule has 2 aliphatic rings. The average molecular weight is 428 g/mol. The number of hydrogen-bond acceptors (Lipinski definition) is 5. The number of halogens is 3. The second-order valence-electron chi connectivity index (χ2n) is 8.31. The minimum Gasteiger partial charge on any atom is -0.418 e. The lowest BCUT2D eigenvalue weighted by Gasteiger charge is -2.19. The summed E-state index contributed by atoms with van der Waals surface area (Å²) < 4.78 is 44.8. The van der Waals surface area contributed by atoms with Crippen LogP contribution in [0.1, 0.15) is 48.8 Å². The normalized spacial score (nSPS) is 22.4. The van der Waals surface area contributed by atoms with E-state index in [1.807, 2.05) is 6.07 Å². The third-order valence-corrected chi connectivity index (χ3v) is 6.35. The van der Waals surface area contributed by atoms with Gasteiger partial charge in [-0.2, -0.15) is 13.2 Å².